The summed E-state index contributed by atoms with van der Waals surface area (Å²) in [6.45, 7) is 9.90. The summed E-state index contributed by atoms with van der Waals surface area (Å²) in [4.78, 5) is 2.75. The fourth-order valence-electron chi connectivity index (χ4n) is 3.78. The first-order valence-electron chi connectivity index (χ1n) is 8.70. The second-order valence-corrected chi connectivity index (χ2v) is 7.07. The highest BCUT2D eigenvalue weighted by atomic mass is 15.1. The van der Waals surface area contributed by atoms with Crippen molar-refractivity contribution in [1.29, 1.82) is 0 Å². The minimum absolute atomic E-state index is 0.721. The van der Waals surface area contributed by atoms with E-state index in [0.29, 0.717) is 0 Å². The lowest BCUT2D eigenvalue weighted by Crippen LogP contribution is -2.40. The minimum Gasteiger partial charge on any atom is -0.317 e. The lowest BCUT2D eigenvalue weighted by molar-refractivity contribution is 0.153. The van der Waals surface area contributed by atoms with Crippen LogP contribution in [0.4, 0.5) is 0 Å². The maximum atomic E-state index is 3.48. The van der Waals surface area contributed by atoms with Crippen molar-refractivity contribution in [2.24, 2.45) is 11.8 Å². The summed E-state index contributed by atoms with van der Waals surface area (Å²) >= 11 is 0. The highest BCUT2D eigenvalue weighted by Gasteiger charge is 2.20. The fraction of sp³-hybridized carbons (Fsp3) is 1.00. The number of hydrogen-bond acceptors (Lipinski definition) is 2. The maximum absolute atomic E-state index is 3.48. The van der Waals surface area contributed by atoms with Gasteiger partial charge in [0.05, 0.1) is 0 Å². The zero-order valence-corrected chi connectivity index (χ0v) is 13.2. The first-order valence-corrected chi connectivity index (χ1v) is 8.70. The molecule has 1 saturated carbocycles. The summed E-state index contributed by atoms with van der Waals surface area (Å²) in [6, 6.07) is 0.721. The van der Waals surface area contributed by atoms with Gasteiger partial charge in [0.15, 0.2) is 0 Å². The fourth-order valence-corrected chi connectivity index (χ4v) is 3.78. The standard InChI is InChI=1S/C17H34N2/c1-15(2)19(14-17-8-11-18-12-9-17)13-10-16-6-4-3-5-7-16/h15-18H,3-14H2,1-2H3. The third-order valence-corrected chi connectivity index (χ3v) is 5.23. The third-order valence-electron chi connectivity index (χ3n) is 5.23. The Hall–Kier alpha value is -0.0800. The molecular formula is C17H34N2. The Balaban J connectivity index is 1.71. The lowest BCUT2D eigenvalue weighted by Gasteiger charge is -2.34. The van der Waals surface area contributed by atoms with E-state index < -0.39 is 0 Å². The Morgan fingerprint density at radius 2 is 1.63 bits per heavy atom. The summed E-state index contributed by atoms with van der Waals surface area (Å²) in [5.41, 5.74) is 0. The van der Waals surface area contributed by atoms with Gasteiger partial charge < -0.3 is 10.2 Å². The first kappa shape index (κ1) is 15.3. The zero-order chi connectivity index (χ0) is 13.5. The molecule has 0 amide bonds. The molecular weight excluding hydrogens is 232 g/mol. The molecule has 2 nitrogen and oxygen atoms in total. The van der Waals surface area contributed by atoms with E-state index in [1.165, 1.54) is 77.5 Å². The molecule has 1 saturated heterocycles. The summed E-state index contributed by atoms with van der Waals surface area (Å²) in [5.74, 6) is 1.97. The van der Waals surface area contributed by atoms with Gasteiger partial charge in [0, 0.05) is 12.6 Å². The molecule has 0 bridgehead atoms. The van der Waals surface area contributed by atoms with Gasteiger partial charge in [-0.2, -0.15) is 0 Å². The Bertz CT molecular complexity index is 227. The van der Waals surface area contributed by atoms with Gasteiger partial charge in [0.25, 0.3) is 0 Å². The largest absolute Gasteiger partial charge is 0.317 e. The summed E-state index contributed by atoms with van der Waals surface area (Å²) in [6.07, 6.45) is 11.7. The Morgan fingerprint density at radius 1 is 0.947 bits per heavy atom. The monoisotopic (exact) mass is 266 g/mol. The van der Waals surface area contributed by atoms with Crippen molar-refractivity contribution in [2.45, 2.75) is 71.3 Å². The van der Waals surface area contributed by atoms with E-state index in [0.717, 1.165) is 17.9 Å². The quantitative estimate of drug-likeness (QED) is 0.789. The summed E-state index contributed by atoms with van der Waals surface area (Å²) in [5, 5.41) is 3.48. The molecule has 2 rings (SSSR count). The molecule has 0 atom stereocenters. The van der Waals surface area contributed by atoms with Crippen LogP contribution >= 0.6 is 0 Å². The second kappa shape index (κ2) is 8.26. The van der Waals surface area contributed by atoms with Crippen molar-refractivity contribution < 1.29 is 0 Å². The highest BCUT2D eigenvalue weighted by molar-refractivity contribution is 4.76. The molecule has 0 spiro atoms. The molecule has 0 aromatic rings. The van der Waals surface area contributed by atoms with E-state index in [4.69, 9.17) is 0 Å². The normalized spacial score (nSPS) is 23.4. The van der Waals surface area contributed by atoms with Crippen LogP contribution in [-0.2, 0) is 0 Å². The van der Waals surface area contributed by atoms with Gasteiger partial charge in [-0.1, -0.05) is 32.1 Å². The predicted octanol–water partition coefficient (Wildman–Crippen LogP) is 3.67. The lowest BCUT2D eigenvalue weighted by atomic mass is 9.86. The van der Waals surface area contributed by atoms with E-state index in [9.17, 15) is 0 Å². The first-order chi connectivity index (χ1) is 9.25. The molecule has 1 N–H and O–H groups in total. The van der Waals surface area contributed by atoms with Crippen LogP contribution < -0.4 is 5.32 Å². The predicted molar refractivity (Wildman–Crippen MR) is 83.5 cm³/mol. The molecule has 0 aromatic heterocycles. The average molecular weight is 266 g/mol. The van der Waals surface area contributed by atoms with Gasteiger partial charge in [-0.15, -0.1) is 0 Å². The molecule has 0 unspecified atom stereocenters. The minimum atomic E-state index is 0.721. The molecule has 1 aliphatic heterocycles. The van der Waals surface area contributed by atoms with Crippen LogP contribution in [0, 0.1) is 11.8 Å². The van der Waals surface area contributed by atoms with Crippen molar-refractivity contribution in [1.82, 2.24) is 10.2 Å². The van der Waals surface area contributed by atoms with Gasteiger partial charge in [-0.05, 0) is 64.6 Å². The van der Waals surface area contributed by atoms with E-state index >= 15 is 0 Å². The van der Waals surface area contributed by atoms with Crippen molar-refractivity contribution >= 4 is 0 Å². The van der Waals surface area contributed by atoms with Crippen LogP contribution in [0.3, 0.4) is 0 Å². The number of hydrogen-bond donors (Lipinski definition) is 1. The Labute approximate surface area is 120 Å². The summed E-state index contributed by atoms with van der Waals surface area (Å²) in [7, 11) is 0. The topological polar surface area (TPSA) is 15.3 Å². The van der Waals surface area contributed by atoms with E-state index in [2.05, 4.69) is 24.1 Å². The van der Waals surface area contributed by atoms with Crippen molar-refractivity contribution in [3.8, 4) is 0 Å². The Morgan fingerprint density at radius 3 is 2.26 bits per heavy atom. The van der Waals surface area contributed by atoms with Crippen LogP contribution in [0.25, 0.3) is 0 Å². The molecule has 1 aliphatic carbocycles. The van der Waals surface area contributed by atoms with E-state index in [-0.39, 0.29) is 0 Å². The molecule has 0 aromatic carbocycles. The van der Waals surface area contributed by atoms with Crippen LogP contribution in [0.1, 0.15) is 65.2 Å². The smallest absolute Gasteiger partial charge is 0.00387 e. The number of nitrogens with zero attached hydrogens (tertiary/aromatic N) is 1. The third kappa shape index (κ3) is 5.43. The van der Waals surface area contributed by atoms with Gasteiger partial charge in [-0.25, -0.2) is 0 Å². The van der Waals surface area contributed by atoms with Crippen LogP contribution in [0.15, 0.2) is 0 Å². The average Bonchev–Trinajstić information content (AvgIpc) is 2.45. The molecule has 2 fully saturated rings. The van der Waals surface area contributed by atoms with Crippen molar-refractivity contribution in [3.05, 3.63) is 0 Å². The van der Waals surface area contributed by atoms with Crippen LogP contribution in [0.5, 0.6) is 0 Å². The van der Waals surface area contributed by atoms with E-state index in [1.807, 2.05) is 0 Å². The number of rotatable bonds is 6. The van der Waals surface area contributed by atoms with Crippen LogP contribution in [0.2, 0.25) is 0 Å². The number of nitrogens with one attached hydrogen (secondary N) is 1. The van der Waals surface area contributed by atoms with Gasteiger partial charge in [0.2, 0.25) is 0 Å². The van der Waals surface area contributed by atoms with E-state index in [1.54, 1.807) is 0 Å². The molecule has 112 valence electrons. The molecule has 2 aliphatic rings. The molecule has 0 radical (unpaired) electrons. The number of piperidine rings is 1. The van der Waals surface area contributed by atoms with Gasteiger partial charge in [-0.3, -0.25) is 0 Å². The van der Waals surface area contributed by atoms with Crippen molar-refractivity contribution in [3.63, 3.8) is 0 Å². The second-order valence-electron chi connectivity index (χ2n) is 7.07. The molecule has 1 heterocycles. The zero-order valence-electron chi connectivity index (χ0n) is 13.2. The summed E-state index contributed by atoms with van der Waals surface area (Å²) < 4.78 is 0. The maximum Gasteiger partial charge on any atom is 0.00387 e. The van der Waals surface area contributed by atoms with Crippen molar-refractivity contribution in [2.75, 3.05) is 26.2 Å². The SMILES string of the molecule is CC(C)N(CCC1CCCCC1)CC1CCNCC1. The van der Waals surface area contributed by atoms with Gasteiger partial charge >= 0.3 is 0 Å². The van der Waals surface area contributed by atoms with Gasteiger partial charge in [0.1, 0.15) is 0 Å². The Kier molecular flexibility index (Phi) is 6.66. The molecule has 2 heteroatoms. The molecule has 19 heavy (non-hydrogen) atoms. The highest BCUT2D eigenvalue weighted by Crippen LogP contribution is 2.27. The van der Waals surface area contributed by atoms with Crippen LogP contribution in [-0.4, -0.2) is 37.1 Å².